The number of para-hydroxylation sites is 2. The monoisotopic (exact) mass is 423 g/mol. The first-order valence-electron chi connectivity index (χ1n) is 9.94. The van der Waals surface area contributed by atoms with E-state index in [0.717, 1.165) is 12.8 Å². The smallest absolute Gasteiger partial charge is 0.419 e. The number of oxazole rings is 1. The Balaban J connectivity index is 1.26. The molecule has 9 heteroatoms. The van der Waals surface area contributed by atoms with E-state index in [0.29, 0.717) is 22.4 Å². The summed E-state index contributed by atoms with van der Waals surface area (Å²) in [6.45, 7) is -0.396. The van der Waals surface area contributed by atoms with Crippen LogP contribution in [0.1, 0.15) is 29.6 Å². The van der Waals surface area contributed by atoms with E-state index in [-0.39, 0.29) is 24.9 Å². The number of anilines is 1. The number of esters is 1. The van der Waals surface area contributed by atoms with Crippen LogP contribution in [0.5, 0.6) is 0 Å². The van der Waals surface area contributed by atoms with Gasteiger partial charge in [0.1, 0.15) is 0 Å². The zero-order chi connectivity index (χ0) is 21.8. The molecule has 1 aliphatic rings. The second kappa shape index (κ2) is 8.86. The minimum Gasteiger partial charge on any atom is -0.456 e. The maximum absolute atomic E-state index is 12.1. The summed E-state index contributed by atoms with van der Waals surface area (Å²) < 4.78 is 11.4. The number of hydrogen-bond acceptors (Lipinski definition) is 6. The van der Waals surface area contributed by atoms with Gasteiger partial charge in [0, 0.05) is 23.8 Å². The van der Waals surface area contributed by atoms with E-state index in [2.05, 4.69) is 10.6 Å². The van der Waals surface area contributed by atoms with Crippen LogP contribution >= 0.6 is 0 Å². The summed E-state index contributed by atoms with van der Waals surface area (Å²) in [6.07, 6.45) is 1.88. The first kappa shape index (κ1) is 20.4. The van der Waals surface area contributed by atoms with Gasteiger partial charge in [-0.3, -0.25) is 19.0 Å². The van der Waals surface area contributed by atoms with Crippen LogP contribution in [0.15, 0.2) is 57.7 Å². The van der Waals surface area contributed by atoms with Gasteiger partial charge in [0.25, 0.3) is 11.8 Å². The van der Waals surface area contributed by atoms with Crippen LogP contribution in [0.25, 0.3) is 11.1 Å². The Morgan fingerprint density at radius 2 is 1.90 bits per heavy atom. The van der Waals surface area contributed by atoms with Crippen LogP contribution in [0.4, 0.5) is 5.69 Å². The molecular weight excluding hydrogens is 402 g/mol. The molecule has 2 amide bonds. The van der Waals surface area contributed by atoms with Gasteiger partial charge in [0.05, 0.1) is 11.9 Å². The Morgan fingerprint density at radius 1 is 1.10 bits per heavy atom. The Kier molecular flexibility index (Phi) is 5.83. The lowest BCUT2D eigenvalue weighted by Crippen LogP contribution is -2.26. The number of nitrogens with zero attached hydrogens (tertiary/aromatic N) is 1. The predicted molar refractivity (Wildman–Crippen MR) is 112 cm³/mol. The second-order valence-corrected chi connectivity index (χ2v) is 7.27. The third-order valence-electron chi connectivity index (χ3n) is 4.80. The molecule has 2 N–H and O–H groups in total. The topological polar surface area (TPSA) is 120 Å². The molecule has 1 heterocycles. The molecule has 1 saturated carbocycles. The molecule has 1 aromatic heterocycles. The lowest BCUT2D eigenvalue weighted by molar-refractivity contribution is -0.147. The van der Waals surface area contributed by atoms with Crippen LogP contribution in [0.3, 0.4) is 0 Å². The molecule has 0 spiro atoms. The molecule has 0 aliphatic heterocycles. The van der Waals surface area contributed by atoms with E-state index in [1.165, 1.54) is 4.57 Å². The van der Waals surface area contributed by atoms with Crippen LogP contribution < -0.4 is 16.4 Å². The molecule has 31 heavy (non-hydrogen) atoms. The first-order valence-corrected chi connectivity index (χ1v) is 9.94. The summed E-state index contributed by atoms with van der Waals surface area (Å²) in [7, 11) is 0. The van der Waals surface area contributed by atoms with Crippen molar-refractivity contribution in [3.63, 3.8) is 0 Å². The lowest BCUT2D eigenvalue weighted by atomic mass is 10.2. The number of hydrogen-bond donors (Lipinski definition) is 2. The van der Waals surface area contributed by atoms with Crippen LogP contribution in [-0.4, -0.2) is 35.0 Å². The number of rotatable bonds is 8. The molecule has 2 aromatic carbocycles. The molecule has 1 fully saturated rings. The summed E-state index contributed by atoms with van der Waals surface area (Å²) in [6, 6.07) is 13.7. The molecule has 0 saturated heterocycles. The second-order valence-electron chi connectivity index (χ2n) is 7.27. The molecule has 0 radical (unpaired) electrons. The van der Waals surface area contributed by atoms with Gasteiger partial charge in [-0.2, -0.15) is 0 Å². The number of nitrogens with one attached hydrogen (secondary N) is 2. The molecule has 0 bridgehead atoms. The summed E-state index contributed by atoms with van der Waals surface area (Å²) in [5, 5.41) is 5.48. The van der Waals surface area contributed by atoms with Crippen molar-refractivity contribution in [1.29, 1.82) is 0 Å². The molecule has 0 unspecified atom stereocenters. The summed E-state index contributed by atoms with van der Waals surface area (Å²) in [5.74, 6) is -1.90. The van der Waals surface area contributed by atoms with Gasteiger partial charge in [-0.25, -0.2) is 4.79 Å². The van der Waals surface area contributed by atoms with E-state index < -0.39 is 24.2 Å². The fourth-order valence-electron chi connectivity index (χ4n) is 3.08. The largest absolute Gasteiger partial charge is 0.456 e. The van der Waals surface area contributed by atoms with Gasteiger partial charge >= 0.3 is 11.7 Å². The van der Waals surface area contributed by atoms with Crippen molar-refractivity contribution in [3.8, 4) is 0 Å². The van der Waals surface area contributed by atoms with Gasteiger partial charge in [-0.05, 0) is 43.2 Å². The van der Waals surface area contributed by atoms with Crippen LogP contribution in [0, 0.1) is 0 Å². The summed E-state index contributed by atoms with van der Waals surface area (Å²) in [4.78, 5) is 48.1. The molecule has 160 valence electrons. The van der Waals surface area contributed by atoms with E-state index in [9.17, 15) is 19.2 Å². The molecule has 0 atom stereocenters. The van der Waals surface area contributed by atoms with Crippen molar-refractivity contribution in [1.82, 2.24) is 9.88 Å². The zero-order valence-corrected chi connectivity index (χ0v) is 16.6. The number of aryl methyl sites for hydroxylation is 1. The Morgan fingerprint density at radius 3 is 2.71 bits per heavy atom. The lowest BCUT2D eigenvalue weighted by Gasteiger charge is -2.09. The fourth-order valence-corrected chi connectivity index (χ4v) is 3.08. The molecule has 4 rings (SSSR count). The minimum atomic E-state index is -0.620. The zero-order valence-electron chi connectivity index (χ0n) is 16.6. The van der Waals surface area contributed by atoms with Crippen molar-refractivity contribution in [3.05, 3.63) is 64.6 Å². The number of fused-ring (bicyclic) bond motifs is 1. The third kappa shape index (κ3) is 5.19. The molecule has 9 nitrogen and oxygen atoms in total. The van der Waals surface area contributed by atoms with Gasteiger partial charge in [0.2, 0.25) is 0 Å². The third-order valence-corrected chi connectivity index (χ3v) is 4.80. The highest BCUT2D eigenvalue weighted by molar-refractivity contribution is 5.98. The number of ether oxygens (including phenoxy) is 1. The Hall–Kier alpha value is -3.88. The van der Waals surface area contributed by atoms with Crippen molar-refractivity contribution < 1.29 is 23.5 Å². The average Bonchev–Trinajstić information content (AvgIpc) is 3.51. The van der Waals surface area contributed by atoms with E-state index in [1.807, 2.05) is 0 Å². The first-order chi connectivity index (χ1) is 15.0. The fraction of sp³-hybridized carbons (Fsp3) is 0.273. The minimum absolute atomic E-state index is 0.0778. The van der Waals surface area contributed by atoms with Crippen molar-refractivity contribution >= 4 is 34.6 Å². The van der Waals surface area contributed by atoms with E-state index in [1.54, 1.807) is 48.5 Å². The molecule has 1 aliphatic carbocycles. The molecular formula is C22H21N3O6. The van der Waals surface area contributed by atoms with E-state index in [4.69, 9.17) is 9.15 Å². The number of carbonyl (C=O) groups is 3. The highest BCUT2D eigenvalue weighted by Gasteiger charge is 2.23. The summed E-state index contributed by atoms with van der Waals surface area (Å²) in [5.41, 5.74) is 1.90. The van der Waals surface area contributed by atoms with Crippen molar-refractivity contribution in [2.24, 2.45) is 0 Å². The quantitative estimate of drug-likeness (QED) is 0.535. The average molecular weight is 423 g/mol. The van der Waals surface area contributed by atoms with Crippen LogP contribution in [-0.2, 0) is 20.9 Å². The van der Waals surface area contributed by atoms with Crippen molar-refractivity contribution in [2.45, 2.75) is 31.8 Å². The highest BCUT2D eigenvalue weighted by atomic mass is 16.5. The van der Waals surface area contributed by atoms with Gasteiger partial charge in [-0.1, -0.05) is 18.2 Å². The standard InChI is InChI=1S/C22H21N3O6/c26-19(23-16-5-3-4-14(12-16)21(28)24-15-8-9-15)13-30-20(27)10-11-25-17-6-1-2-7-18(17)31-22(25)29/h1-7,12,15H,8-11,13H2,(H,23,26)(H,24,28). The number of amides is 2. The van der Waals surface area contributed by atoms with Gasteiger partial charge in [-0.15, -0.1) is 0 Å². The predicted octanol–water partition coefficient (Wildman–Crippen LogP) is 2.06. The summed E-state index contributed by atoms with van der Waals surface area (Å²) >= 11 is 0. The number of carbonyl (C=O) groups excluding carboxylic acids is 3. The van der Waals surface area contributed by atoms with Crippen LogP contribution in [0.2, 0.25) is 0 Å². The Bertz CT molecular complexity index is 1190. The maximum atomic E-state index is 12.1. The number of benzene rings is 2. The van der Waals surface area contributed by atoms with Gasteiger partial charge in [0.15, 0.2) is 12.2 Å². The van der Waals surface area contributed by atoms with Crippen molar-refractivity contribution in [2.75, 3.05) is 11.9 Å². The Labute approximate surface area is 177 Å². The SMILES string of the molecule is O=C(COC(=O)CCn1c(=O)oc2ccccc21)Nc1cccc(C(=O)NC2CC2)c1. The molecule has 3 aromatic rings. The van der Waals surface area contributed by atoms with Gasteiger partial charge < -0.3 is 19.8 Å². The number of aromatic nitrogens is 1. The normalized spacial score (nSPS) is 13.0. The highest BCUT2D eigenvalue weighted by Crippen LogP contribution is 2.20. The maximum Gasteiger partial charge on any atom is 0.419 e. The van der Waals surface area contributed by atoms with E-state index >= 15 is 0 Å².